The largest absolute Gasteiger partial charge is 0.334 e. The number of thioether (sulfide) groups is 1. The Morgan fingerprint density at radius 3 is 2.65 bits per heavy atom. The molecule has 26 heavy (non-hydrogen) atoms. The molecule has 0 saturated heterocycles. The lowest BCUT2D eigenvalue weighted by molar-refractivity contribution is 0.102. The van der Waals surface area contributed by atoms with Crippen molar-refractivity contribution in [2.24, 2.45) is 5.10 Å². The van der Waals surface area contributed by atoms with Crippen LogP contribution in [-0.2, 0) is 0 Å². The number of halogens is 1. The van der Waals surface area contributed by atoms with E-state index >= 15 is 0 Å². The molecule has 0 atom stereocenters. The number of hydrogen-bond donors (Lipinski definition) is 2. The average molecular weight is 370 g/mol. The second kappa shape index (κ2) is 8.26. The molecule has 0 radical (unpaired) electrons. The van der Waals surface area contributed by atoms with Gasteiger partial charge in [0.15, 0.2) is 5.78 Å². The molecule has 132 valence electrons. The summed E-state index contributed by atoms with van der Waals surface area (Å²) in [5, 5.41) is 12.2. The quantitative estimate of drug-likeness (QED) is 0.218. The summed E-state index contributed by atoms with van der Waals surface area (Å²) in [6.45, 7) is 0. The number of Topliss-reactive ketones (excluding diaryl/α,β-unsaturated/α-hetero) is 1. The molecule has 0 bridgehead atoms. The maximum Gasteiger partial charge on any atom is 0.264 e. The maximum absolute atomic E-state index is 12.8. The molecular formula is C17H15FN6OS. The van der Waals surface area contributed by atoms with Crippen LogP contribution in [0.5, 0.6) is 0 Å². The van der Waals surface area contributed by atoms with Gasteiger partial charge in [-0.2, -0.15) is 5.10 Å². The number of hydrazone groups is 1. The number of nitrogens with one attached hydrogen (secondary N) is 1. The minimum atomic E-state index is -0.316. The van der Waals surface area contributed by atoms with Gasteiger partial charge in [0.25, 0.3) is 5.95 Å². The Kier molecular flexibility index (Phi) is 5.59. The van der Waals surface area contributed by atoms with Gasteiger partial charge in [0.2, 0.25) is 5.16 Å². The van der Waals surface area contributed by atoms with Crippen LogP contribution >= 0.6 is 11.8 Å². The Labute approximate surface area is 153 Å². The van der Waals surface area contributed by atoms with E-state index in [4.69, 9.17) is 5.84 Å². The number of carbonyl (C=O) groups is 1. The van der Waals surface area contributed by atoms with E-state index in [1.54, 1.807) is 24.3 Å². The van der Waals surface area contributed by atoms with Crippen LogP contribution in [0.15, 0.2) is 64.9 Å². The second-order valence-corrected chi connectivity index (χ2v) is 6.12. The first-order valence-corrected chi connectivity index (χ1v) is 8.58. The molecule has 0 amide bonds. The highest BCUT2D eigenvalue weighted by Gasteiger charge is 2.12. The van der Waals surface area contributed by atoms with E-state index in [-0.39, 0.29) is 23.3 Å². The normalized spacial score (nSPS) is 11.0. The fourth-order valence-corrected chi connectivity index (χ4v) is 2.75. The van der Waals surface area contributed by atoms with Crippen LogP contribution < -0.4 is 11.3 Å². The van der Waals surface area contributed by atoms with Gasteiger partial charge in [0, 0.05) is 5.56 Å². The molecule has 1 heterocycles. The number of nitrogens with two attached hydrogens (primary N) is 1. The number of hydrogen-bond acceptors (Lipinski definition) is 7. The lowest BCUT2D eigenvalue weighted by Gasteiger charge is -2.03. The van der Waals surface area contributed by atoms with E-state index < -0.39 is 0 Å². The number of carbonyl (C=O) groups excluding carboxylic acids is 1. The van der Waals surface area contributed by atoms with Crippen molar-refractivity contribution in [2.75, 3.05) is 17.0 Å². The summed E-state index contributed by atoms with van der Waals surface area (Å²) < 4.78 is 14.1. The molecule has 0 fully saturated rings. The van der Waals surface area contributed by atoms with Gasteiger partial charge >= 0.3 is 0 Å². The summed E-state index contributed by atoms with van der Waals surface area (Å²) in [6, 6.07) is 14.8. The second-order valence-electron chi connectivity index (χ2n) is 5.18. The maximum atomic E-state index is 12.8. The van der Waals surface area contributed by atoms with Gasteiger partial charge in [-0.15, -0.1) is 10.2 Å². The van der Waals surface area contributed by atoms with Crippen molar-refractivity contribution in [1.29, 1.82) is 0 Å². The van der Waals surface area contributed by atoms with Crippen molar-refractivity contribution in [3.8, 4) is 0 Å². The molecule has 0 unspecified atom stereocenters. The third kappa shape index (κ3) is 4.45. The molecule has 0 aliphatic heterocycles. The van der Waals surface area contributed by atoms with E-state index in [1.165, 1.54) is 34.8 Å². The molecule has 0 aliphatic rings. The van der Waals surface area contributed by atoms with Crippen LogP contribution in [0.2, 0.25) is 0 Å². The van der Waals surface area contributed by atoms with Crippen LogP contribution in [0.4, 0.5) is 10.3 Å². The molecule has 3 aromatic rings. The summed E-state index contributed by atoms with van der Waals surface area (Å²) in [5.74, 6) is 5.97. The molecule has 3 N–H and O–H groups in total. The van der Waals surface area contributed by atoms with Gasteiger partial charge in [0.05, 0.1) is 12.0 Å². The minimum Gasteiger partial charge on any atom is -0.334 e. The highest BCUT2D eigenvalue weighted by Crippen LogP contribution is 2.18. The molecule has 3 rings (SSSR count). The van der Waals surface area contributed by atoms with Crippen LogP contribution in [0.3, 0.4) is 0 Å². The van der Waals surface area contributed by atoms with Crippen LogP contribution in [0, 0.1) is 5.82 Å². The number of ketones is 1. The van der Waals surface area contributed by atoms with E-state index in [1.807, 2.05) is 18.2 Å². The molecule has 1 aromatic heterocycles. The van der Waals surface area contributed by atoms with E-state index in [2.05, 4.69) is 20.7 Å². The lowest BCUT2D eigenvalue weighted by atomic mass is 10.2. The molecule has 9 heteroatoms. The number of nitrogens with zero attached hydrogens (tertiary/aromatic N) is 4. The highest BCUT2D eigenvalue weighted by atomic mass is 32.2. The topological polar surface area (TPSA) is 98.2 Å². The summed E-state index contributed by atoms with van der Waals surface area (Å²) >= 11 is 1.18. The smallest absolute Gasteiger partial charge is 0.264 e. The molecular weight excluding hydrogens is 355 g/mol. The van der Waals surface area contributed by atoms with E-state index in [9.17, 15) is 9.18 Å². The molecule has 0 saturated carbocycles. The fourth-order valence-electron chi connectivity index (χ4n) is 2.00. The van der Waals surface area contributed by atoms with E-state index in [0.717, 1.165) is 0 Å². The number of rotatable bonds is 7. The SMILES string of the molecule is Nn1c(N/N=C/c2ccc(F)cc2)nnc1SCC(=O)c1ccccc1. The summed E-state index contributed by atoms with van der Waals surface area (Å²) in [7, 11) is 0. The number of benzene rings is 2. The first kappa shape index (κ1) is 17.6. The third-order valence-electron chi connectivity index (χ3n) is 3.34. The van der Waals surface area contributed by atoms with Crippen LogP contribution in [0.25, 0.3) is 0 Å². The monoisotopic (exact) mass is 370 g/mol. The van der Waals surface area contributed by atoms with Crippen molar-refractivity contribution in [2.45, 2.75) is 5.16 Å². The lowest BCUT2D eigenvalue weighted by Crippen LogP contribution is -2.14. The average Bonchev–Trinajstić information content (AvgIpc) is 3.02. The first-order valence-electron chi connectivity index (χ1n) is 7.59. The standard InChI is InChI=1S/C17H15FN6OS/c18-14-8-6-12(7-9-14)10-20-21-16-22-23-17(24(16)19)26-11-15(25)13-4-2-1-3-5-13/h1-10H,11,19H2,(H,21,22)/b20-10+. The summed E-state index contributed by atoms with van der Waals surface area (Å²) in [4.78, 5) is 12.1. The molecule has 0 spiro atoms. The van der Waals surface area contributed by atoms with Crippen molar-refractivity contribution in [1.82, 2.24) is 14.9 Å². The Balaban J connectivity index is 1.57. The predicted octanol–water partition coefficient (Wildman–Crippen LogP) is 2.55. The number of aromatic nitrogens is 3. The number of nitrogen functional groups attached to an aromatic ring is 1. The third-order valence-corrected chi connectivity index (χ3v) is 4.28. The predicted molar refractivity (Wildman–Crippen MR) is 99.3 cm³/mol. The zero-order valence-corrected chi connectivity index (χ0v) is 14.4. The van der Waals surface area contributed by atoms with Crippen molar-refractivity contribution >= 4 is 29.7 Å². The van der Waals surface area contributed by atoms with Gasteiger partial charge < -0.3 is 5.84 Å². The van der Waals surface area contributed by atoms with Crippen molar-refractivity contribution in [3.63, 3.8) is 0 Å². The fraction of sp³-hybridized carbons (Fsp3) is 0.0588. The molecule has 7 nitrogen and oxygen atoms in total. The molecule has 0 aliphatic carbocycles. The van der Waals surface area contributed by atoms with Gasteiger partial charge in [-0.3, -0.25) is 4.79 Å². The molecule has 2 aromatic carbocycles. The van der Waals surface area contributed by atoms with Gasteiger partial charge in [-0.05, 0) is 17.7 Å². The van der Waals surface area contributed by atoms with E-state index in [0.29, 0.717) is 16.3 Å². The van der Waals surface area contributed by atoms with Crippen LogP contribution in [0.1, 0.15) is 15.9 Å². The van der Waals surface area contributed by atoms with Crippen molar-refractivity contribution < 1.29 is 9.18 Å². The van der Waals surface area contributed by atoms with Gasteiger partial charge in [-0.1, -0.05) is 54.2 Å². The minimum absolute atomic E-state index is 0.0255. The highest BCUT2D eigenvalue weighted by molar-refractivity contribution is 7.99. The Bertz CT molecular complexity index is 911. The first-order chi connectivity index (χ1) is 12.6. The Morgan fingerprint density at radius 2 is 1.92 bits per heavy atom. The zero-order valence-electron chi connectivity index (χ0n) is 13.5. The van der Waals surface area contributed by atoms with Gasteiger partial charge in [0.1, 0.15) is 5.82 Å². The zero-order chi connectivity index (χ0) is 18.4. The Morgan fingerprint density at radius 1 is 1.19 bits per heavy atom. The Hall–Kier alpha value is -3.20. The van der Waals surface area contributed by atoms with Crippen molar-refractivity contribution in [3.05, 3.63) is 71.5 Å². The number of anilines is 1. The summed E-state index contributed by atoms with van der Waals surface area (Å²) in [6.07, 6.45) is 1.50. The van der Waals surface area contributed by atoms with Gasteiger partial charge in [-0.25, -0.2) is 14.5 Å². The van der Waals surface area contributed by atoms with Crippen LogP contribution in [-0.4, -0.2) is 32.6 Å². The summed E-state index contributed by atoms with van der Waals surface area (Å²) in [5.41, 5.74) is 4.00.